The first-order valence-electron chi connectivity index (χ1n) is 21.0. The maximum absolute atomic E-state index is 14.1. The highest BCUT2D eigenvalue weighted by Gasteiger charge is 2.45. The molecule has 61 heavy (non-hydrogen) atoms. The van der Waals surface area contributed by atoms with E-state index in [1.54, 1.807) is 36.5 Å². The smallest absolute Gasteiger partial charge is 0.257 e. The number of rotatable bonds is 13. The second-order valence-electron chi connectivity index (χ2n) is 16.0. The Balaban J connectivity index is 0.732. The van der Waals surface area contributed by atoms with Crippen LogP contribution in [-0.4, -0.2) is 117 Å². The van der Waals surface area contributed by atoms with Crippen molar-refractivity contribution in [1.82, 2.24) is 40.0 Å². The van der Waals surface area contributed by atoms with Crippen molar-refractivity contribution in [3.05, 3.63) is 102 Å². The Morgan fingerprint density at radius 2 is 1.70 bits per heavy atom. The van der Waals surface area contributed by atoms with Crippen LogP contribution in [0, 0.1) is 5.82 Å². The number of pyridine rings is 1. The number of aromatic nitrogens is 4. The summed E-state index contributed by atoms with van der Waals surface area (Å²) in [6.45, 7) is 5.06. The fourth-order valence-electron chi connectivity index (χ4n) is 8.96. The molecule has 17 heteroatoms. The lowest BCUT2D eigenvalue weighted by atomic mass is 10.0. The zero-order valence-electron chi connectivity index (χ0n) is 33.7. The van der Waals surface area contributed by atoms with E-state index in [0.29, 0.717) is 55.2 Å². The molecular weight excluding hydrogens is 782 g/mol. The summed E-state index contributed by atoms with van der Waals surface area (Å²) in [6.07, 6.45) is 4.13. The topological polar surface area (TPSA) is 181 Å². The van der Waals surface area contributed by atoms with Gasteiger partial charge in [0, 0.05) is 69.0 Å². The zero-order valence-corrected chi connectivity index (χ0v) is 33.7. The Morgan fingerprint density at radius 3 is 2.54 bits per heavy atom. The molecule has 5 aromatic rings. The number of imide groups is 1. The molecule has 9 rings (SSSR count). The van der Waals surface area contributed by atoms with E-state index < -0.39 is 24.1 Å². The molecule has 4 amide bonds. The van der Waals surface area contributed by atoms with Crippen LogP contribution in [-0.2, 0) is 14.4 Å². The minimum atomic E-state index is -1.31. The number of carbonyl (C=O) groups excluding carboxylic acids is 4. The van der Waals surface area contributed by atoms with Crippen molar-refractivity contribution in [2.24, 2.45) is 0 Å². The summed E-state index contributed by atoms with van der Waals surface area (Å²) in [4.78, 5) is 67.5. The SMILES string of the molecule is O=C(CN1CCN(c2cccc(-c3cnc4ccc(N5CCC[C@@H]5c5cccc(F)c5)nn34)n2)CC1)NCCCCNc1cccc2c1C(O)N(C1CCC(=O)NC1=O)C2=O. The summed E-state index contributed by atoms with van der Waals surface area (Å²) < 4.78 is 15.9. The van der Waals surface area contributed by atoms with Crippen molar-refractivity contribution in [2.75, 3.05) is 67.5 Å². The summed E-state index contributed by atoms with van der Waals surface area (Å²) in [5.41, 5.74) is 4.55. The van der Waals surface area contributed by atoms with Crippen LogP contribution in [0.3, 0.4) is 0 Å². The molecule has 3 fully saturated rings. The number of aliphatic hydroxyl groups is 1. The minimum Gasteiger partial charge on any atom is -0.385 e. The monoisotopic (exact) mass is 829 g/mol. The molecule has 4 aliphatic rings. The van der Waals surface area contributed by atoms with Gasteiger partial charge in [-0.2, -0.15) is 0 Å². The number of anilines is 3. The van der Waals surface area contributed by atoms with E-state index in [4.69, 9.17) is 10.1 Å². The highest BCUT2D eigenvalue weighted by molar-refractivity contribution is 6.06. The molecule has 4 aliphatic heterocycles. The van der Waals surface area contributed by atoms with Crippen molar-refractivity contribution in [1.29, 1.82) is 0 Å². The van der Waals surface area contributed by atoms with E-state index in [0.717, 1.165) is 78.8 Å². The van der Waals surface area contributed by atoms with Gasteiger partial charge in [0.15, 0.2) is 11.9 Å². The third-order valence-electron chi connectivity index (χ3n) is 12.1. The first-order chi connectivity index (χ1) is 29.7. The Labute approximate surface area is 351 Å². The molecule has 0 aliphatic carbocycles. The fourth-order valence-corrected chi connectivity index (χ4v) is 8.96. The van der Waals surface area contributed by atoms with Crippen LogP contribution < -0.4 is 25.8 Å². The number of nitrogens with one attached hydrogen (secondary N) is 3. The van der Waals surface area contributed by atoms with Crippen LogP contribution in [0.25, 0.3) is 17.0 Å². The van der Waals surface area contributed by atoms with Crippen LogP contribution >= 0.6 is 0 Å². The number of hydrogen-bond donors (Lipinski definition) is 4. The molecule has 0 radical (unpaired) electrons. The average Bonchev–Trinajstić information content (AvgIpc) is 3.99. The summed E-state index contributed by atoms with van der Waals surface area (Å²) in [7, 11) is 0. The number of unbranched alkanes of at least 4 members (excludes halogenated alkanes) is 1. The fraction of sp³-hybridized carbons (Fsp3) is 0.386. The number of amides is 4. The van der Waals surface area contributed by atoms with Crippen molar-refractivity contribution in [2.45, 2.75) is 56.8 Å². The van der Waals surface area contributed by atoms with Gasteiger partial charge in [0.2, 0.25) is 17.7 Å². The van der Waals surface area contributed by atoms with Gasteiger partial charge in [-0.15, -0.1) is 5.10 Å². The molecule has 2 unspecified atom stereocenters. The first kappa shape index (κ1) is 40.0. The van der Waals surface area contributed by atoms with Gasteiger partial charge in [0.25, 0.3) is 5.91 Å². The third kappa shape index (κ3) is 8.22. The van der Waals surface area contributed by atoms with E-state index in [-0.39, 0.29) is 36.5 Å². The number of halogens is 1. The Bertz CT molecular complexity index is 2470. The lowest BCUT2D eigenvalue weighted by molar-refractivity contribution is -0.139. The van der Waals surface area contributed by atoms with Gasteiger partial charge in [-0.3, -0.25) is 34.3 Å². The molecule has 4 N–H and O–H groups in total. The van der Waals surface area contributed by atoms with Crippen molar-refractivity contribution >= 4 is 46.6 Å². The van der Waals surface area contributed by atoms with Gasteiger partial charge in [-0.1, -0.05) is 24.3 Å². The number of aliphatic hydroxyl groups excluding tert-OH is 1. The maximum Gasteiger partial charge on any atom is 0.257 e. The lowest BCUT2D eigenvalue weighted by Gasteiger charge is -2.35. The number of benzene rings is 2. The van der Waals surface area contributed by atoms with Gasteiger partial charge in [0.1, 0.15) is 29.2 Å². The van der Waals surface area contributed by atoms with Gasteiger partial charge < -0.3 is 25.5 Å². The van der Waals surface area contributed by atoms with Crippen LogP contribution in [0.4, 0.5) is 21.7 Å². The van der Waals surface area contributed by atoms with E-state index in [1.165, 1.54) is 6.07 Å². The Kier molecular flexibility index (Phi) is 11.3. The maximum atomic E-state index is 14.1. The summed E-state index contributed by atoms with van der Waals surface area (Å²) >= 11 is 0. The highest BCUT2D eigenvalue weighted by Crippen LogP contribution is 2.40. The van der Waals surface area contributed by atoms with E-state index >= 15 is 0 Å². The molecule has 0 saturated carbocycles. The second-order valence-corrected chi connectivity index (χ2v) is 16.0. The van der Waals surface area contributed by atoms with Crippen LogP contribution in [0.1, 0.15) is 72.3 Å². The molecule has 16 nitrogen and oxygen atoms in total. The molecule has 3 saturated heterocycles. The Hall–Kier alpha value is -6.46. The number of fused-ring (bicyclic) bond motifs is 2. The van der Waals surface area contributed by atoms with Crippen molar-refractivity contribution in [3.8, 4) is 11.4 Å². The molecule has 3 aromatic heterocycles. The predicted molar refractivity (Wildman–Crippen MR) is 225 cm³/mol. The molecule has 3 atom stereocenters. The largest absolute Gasteiger partial charge is 0.385 e. The van der Waals surface area contributed by atoms with Crippen LogP contribution in [0.15, 0.2) is 79.0 Å². The lowest BCUT2D eigenvalue weighted by Crippen LogP contribution is -2.53. The van der Waals surface area contributed by atoms with Crippen LogP contribution in [0.5, 0.6) is 0 Å². The van der Waals surface area contributed by atoms with E-state index in [9.17, 15) is 28.7 Å². The number of piperazine rings is 1. The van der Waals surface area contributed by atoms with Gasteiger partial charge in [-0.05, 0) is 86.2 Å². The molecule has 0 spiro atoms. The summed E-state index contributed by atoms with van der Waals surface area (Å²) in [5.74, 6) is -0.0340. The van der Waals surface area contributed by atoms with Crippen molar-refractivity contribution < 1.29 is 28.7 Å². The number of imidazole rings is 1. The summed E-state index contributed by atoms with van der Waals surface area (Å²) in [5, 5.41) is 24.7. The Morgan fingerprint density at radius 1 is 0.885 bits per heavy atom. The third-order valence-corrected chi connectivity index (χ3v) is 12.1. The van der Waals surface area contributed by atoms with Crippen LogP contribution in [0.2, 0.25) is 0 Å². The quantitative estimate of drug-likeness (QED) is 0.100. The number of nitrogens with zero attached hydrogens (tertiary/aromatic N) is 8. The van der Waals surface area contributed by atoms with Gasteiger partial charge >= 0.3 is 0 Å². The number of carbonyl (C=O) groups is 4. The number of hydrogen-bond acceptors (Lipinski definition) is 12. The number of piperidine rings is 1. The molecule has 7 heterocycles. The van der Waals surface area contributed by atoms with Crippen molar-refractivity contribution in [3.63, 3.8) is 0 Å². The molecule has 2 aromatic carbocycles. The summed E-state index contributed by atoms with van der Waals surface area (Å²) in [6, 6.07) is 21.0. The van der Waals surface area contributed by atoms with Gasteiger partial charge in [0.05, 0.1) is 24.5 Å². The zero-order chi connectivity index (χ0) is 42.0. The van der Waals surface area contributed by atoms with E-state index in [2.05, 4.69) is 35.6 Å². The molecule has 316 valence electrons. The first-order valence-corrected chi connectivity index (χ1v) is 21.0. The normalized spacial score (nSPS) is 20.7. The molecule has 0 bridgehead atoms. The van der Waals surface area contributed by atoms with E-state index in [1.807, 2.05) is 40.9 Å². The average molecular weight is 830 g/mol. The van der Waals surface area contributed by atoms with Gasteiger partial charge in [-0.25, -0.2) is 18.9 Å². The predicted octanol–water partition coefficient (Wildman–Crippen LogP) is 3.65. The second kappa shape index (κ2) is 17.3. The minimum absolute atomic E-state index is 0.0340. The highest BCUT2D eigenvalue weighted by atomic mass is 19.1. The molecular formula is C44H48FN11O5. The standard InChI is InChI=1S/C44H48FN11O5/c45-29-8-3-7-28(25-29)33-12-6-20-54(33)38-16-15-36-48-26-35(56(36)51-38)31-10-5-13-37(49-31)53-23-21-52(22-24-53)27-40(58)47-19-2-1-18-46-32-11-4-9-30-41(32)44(61)55(43(30)60)34-14-17-39(57)50-42(34)59/h3-5,7-11,13,15-16,25-26,33-34,44,46,61H,1-2,6,12,14,17-24,27H2,(H,47,58)(H,50,57,59)/t33-,34?,44?/m1/s1.